The summed E-state index contributed by atoms with van der Waals surface area (Å²) in [6, 6.07) is 9.10. The highest BCUT2D eigenvalue weighted by Gasteiger charge is 2.35. The largest absolute Gasteiger partial charge is 0.480 e. The van der Waals surface area contributed by atoms with Gasteiger partial charge >= 0.3 is 12.0 Å². The lowest BCUT2D eigenvalue weighted by Crippen LogP contribution is -2.47. The predicted octanol–water partition coefficient (Wildman–Crippen LogP) is 2.96. The summed E-state index contributed by atoms with van der Waals surface area (Å²) in [7, 11) is 0. The van der Waals surface area contributed by atoms with Gasteiger partial charge in [-0.15, -0.1) is 0 Å². The molecule has 5 nitrogen and oxygen atoms in total. The van der Waals surface area contributed by atoms with Gasteiger partial charge < -0.3 is 10.0 Å². The molecule has 5 heteroatoms. The molecule has 0 atom stereocenters. The molecule has 0 bridgehead atoms. The SMILES string of the molecule is CCCCN(C(=O)N(CC(=O)O)c1ccccc1)C1CC1. The topological polar surface area (TPSA) is 60.9 Å². The molecule has 1 aliphatic rings. The smallest absolute Gasteiger partial charge is 0.325 e. The summed E-state index contributed by atoms with van der Waals surface area (Å²) in [5.41, 5.74) is 0.632. The lowest BCUT2D eigenvalue weighted by atomic mass is 10.2. The van der Waals surface area contributed by atoms with Crippen molar-refractivity contribution in [2.75, 3.05) is 18.0 Å². The molecule has 2 amide bonds. The predicted molar refractivity (Wildman–Crippen MR) is 81.5 cm³/mol. The maximum Gasteiger partial charge on any atom is 0.325 e. The van der Waals surface area contributed by atoms with Gasteiger partial charge in [0.1, 0.15) is 6.54 Å². The summed E-state index contributed by atoms with van der Waals surface area (Å²) in [4.78, 5) is 27.0. The van der Waals surface area contributed by atoms with Crippen molar-refractivity contribution in [2.24, 2.45) is 0 Å². The van der Waals surface area contributed by atoms with Crippen molar-refractivity contribution < 1.29 is 14.7 Å². The van der Waals surface area contributed by atoms with Crippen molar-refractivity contribution in [3.8, 4) is 0 Å². The van der Waals surface area contributed by atoms with Gasteiger partial charge in [0.05, 0.1) is 0 Å². The van der Waals surface area contributed by atoms with Crippen molar-refractivity contribution in [3.05, 3.63) is 30.3 Å². The number of benzene rings is 1. The average Bonchev–Trinajstić information content (AvgIpc) is 3.30. The Hall–Kier alpha value is -2.04. The number of urea groups is 1. The molecule has 21 heavy (non-hydrogen) atoms. The molecule has 1 aromatic carbocycles. The number of carbonyl (C=O) groups is 2. The van der Waals surface area contributed by atoms with Crippen molar-refractivity contribution >= 4 is 17.7 Å². The van der Waals surface area contributed by atoms with Crippen molar-refractivity contribution in [1.82, 2.24) is 4.90 Å². The van der Waals surface area contributed by atoms with Crippen LogP contribution in [-0.2, 0) is 4.79 Å². The maximum atomic E-state index is 12.8. The molecule has 1 saturated carbocycles. The van der Waals surface area contributed by atoms with E-state index in [1.54, 1.807) is 12.1 Å². The zero-order chi connectivity index (χ0) is 15.2. The molecule has 0 radical (unpaired) electrons. The van der Waals surface area contributed by atoms with E-state index in [4.69, 9.17) is 5.11 Å². The number of para-hydroxylation sites is 1. The number of rotatable bonds is 7. The zero-order valence-electron chi connectivity index (χ0n) is 12.4. The first-order valence-electron chi connectivity index (χ1n) is 7.48. The summed E-state index contributed by atoms with van der Waals surface area (Å²) < 4.78 is 0. The number of hydrogen-bond donors (Lipinski definition) is 1. The normalized spacial score (nSPS) is 13.8. The van der Waals surface area contributed by atoms with Gasteiger partial charge in [-0.2, -0.15) is 0 Å². The minimum atomic E-state index is -1.00. The van der Waals surface area contributed by atoms with Gasteiger partial charge in [0.25, 0.3) is 0 Å². The number of carboxylic acids is 1. The van der Waals surface area contributed by atoms with Gasteiger partial charge in [-0.1, -0.05) is 31.5 Å². The van der Waals surface area contributed by atoms with Gasteiger partial charge in [0.15, 0.2) is 0 Å². The Bertz CT molecular complexity index is 486. The lowest BCUT2D eigenvalue weighted by Gasteiger charge is -2.30. The summed E-state index contributed by atoms with van der Waals surface area (Å²) in [6.07, 6.45) is 4.00. The van der Waals surface area contributed by atoms with Crippen LogP contribution in [0.4, 0.5) is 10.5 Å². The molecule has 2 rings (SSSR count). The third kappa shape index (κ3) is 4.21. The molecule has 1 fully saturated rings. The molecular weight excluding hydrogens is 268 g/mol. The molecule has 1 N–H and O–H groups in total. The molecule has 114 valence electrons. The van der Waals surface area contributed by atoms with E-state index in [0.717, 1.165) is 25.7 Å². The number of hydrogen-bond acceptors (Lipinski definition) is 2. The molecule has 0 spiro atoms. The van der Waals surface area contributed by atoms with E-state index in [2.05, 4.69) is 6.92 Å². The molecule has 1 aromatic rings. The summed E-state index contributed by atoms with van der Waals surface area (Å²) >= 11 is 0. The second kappa shape index (κ2) is 7.11. The summed E-state index contributed by atoms with van der Waals surface area (Å²) in [6.45, 7) is 2.48. The third-order valence-electron chi connectivity index (χ3n) is 3.58. The number of carbonyl (C=O) groups excluding carboxylic acids is 1. The fourth-order valence-electron chi connectivity index (χ4n) is 2.32. The number of amides is 2. The van der Waals surface area contributed by atoms with Crippen LogP contribution >= 0.6 is 0 Å². The van der Waals surface area contributed by atoms with Crippen LogP contribution in [0, 0.1) is 0 Å². The first-order valence-corrected chi connectivity index (χ1v) is 7.48. The van der Waals surface area contributed by atoms with Gasteiger partial charge in [-0.05, 0) is 31.4 Å². The highest BCUT2D eigenvalue weighted by atomic mass is 16.4. The molecule has 0 aromatic heterocycles. The van der Waals surface area contributed by atoms with Gasteiger partial charge in [0.2, 0.25) is 0 Å². The van der Waals surface area contributed by atoms with Crippen LogP contribution in [0.25, 0.3) is 0 Å². The van der Waals surface area contributed by atoms with Crippen molar-refractivity contribution in [3.63, 3.8) is 0 Å². The van der Waals surface area contributed by atoms with Crippen LogP contribution in [-0.4, -0.2) is 41.1 Å². The van der Waals surface area contributed by atoms with E-state index >= 15 is 0 Å². The fourth-order valence-corrected chi connectivity index (χ4v) is 2.32. The Kier molecular flexibility index (Phi) is 5.20. The first-order chi connectivity index (χ1) is 10.1. The minimum Gasteiger partial charge on any atom is -0.480 e. The molecule has 0 unspecified atom stereocenters. The molecule has 1 aliphatic carbocycles. The van der Waals surface area contributed by atoms with E-state index in [-0.39, 0.29) is 18.6 Å². The van der Waals surface area contributed by atoms with Crippen molar-refractivity contribution in [2.45, 2.75) is 38.6 Å². The van der Waals surface area contributed by atoms with E-state index in [1.165, 1.54) is 4.90 Å². The molecule has 0 saturated heterocycles. The fraction of sp³-hybridized carbons (Fsp3) is 0.500. The van der Waals surface area contributed by atoms with Crippen LogP contribution in [0.3, 0.4) is 0 Å². The van der Waals surface area contributed by atoms with E-state index in [0.29, 0.717) is 12.2 Å². The molecular formula is C16H22N2O3. The Labute approximate surface area is 125 Å². The Balaban J connectivity index is 2.18. The maximum absolute atomic E-state index is 12.8. The van der Waals surface area contributed by atoms with E-state index in [9.17, 15) is 9.59 Å². The van der Waals surface area contributed by atoms with E-state index < -0.39 is 5.97 Å². The van der Waals surface area contributed by atoms with Crippen LogP contribution in [0.1, 0.15) is 32.6 Å². The van der Waals surface area contributed by atoms with Crippen molar-refractivity contribution in [1.29, 1.82) is 0 Å². The zero-order valence-corrected chi connectivity index (χ0v) is 12.4. The average molecular weight is 290 g/mol. The standard InChI is InChI=1S/C16H22N2O3/c1-2-3-11-17(14-9-10-14)16(21)18(12-15(19)20)13-7-5-4-6-8-13/h4-8,14H,2-3,9-12H2,1H3,(H,19,20). The number of aliphatic carboxylic acids is 1. The number of nitrogens with zero attached hydrogens (tertiary/aromatic N) is 2. The van der Waals surface area contributed by atoms with Gasteiger partial charge in [0, 0.05) is 18.3 Å². The van der Waals surface area contributed by atoms with Gasteiger partial charge in [-0.25, -0.2) is 4.79 Å². The minimum absolute atomic E-state index is 0.195. The Morgan fingerprint density at radius 3 is 2.43 bits per heavy atom. The highest BCUT2D eigenvalue weighted by Crippen LogP contribution is 2.29. The first kappa shape index (κ1) is 15.4. The lowest BCUT2D eigenvalue weighted by molar-refractivity contribution is -0.135. The van der Waals surface area contributed by atoms with E-state index in [1.807, 2.05) is 23.1 Å². The van der Waals surface area contributed by atoms with Crippen LogP contribution in [0.2, 0.25) is 0 Å². The number of unbranched alkanes of at least 4 members (excludes halogenated alkanes) is 1. The molecule has 0 aliphatic heterocycles. The van der Waals surface area contributed by atoms with Crippen LogP contribution < -0.4 is 4.90 Å². The Morgan fingerprint density at radius 2 is 1.90 bits per heavy atom. The highest BCUT2D eigenvalue weighted by molar-refractivity contribution is 5.96. The monoisotopic (exact) mass is 290 g/mol. The summed E-state index contributed by atoms with van der Waals surface area (Å²) in [5.74, 6) is -1.00. The summed E-state index contributed by atoms with van der Waals surface area (Å²) in [5, 5.41) is 9.09. The van der Waals surface area contributed by atoms with Crippen LogP contribution in [0.15, 0.2) is 30.3 Å². The second-order valence-electron chi connectivity index (χ2n) is 5.38. The molecule has 0 heterocycles. The number of carboxylic acid groups (broad SMARTS) is 1. The van der Waals surface area contributed by atoms with Gasteiger partial charge in [-0.3, -0.25) is 9.69 Å². The van der Waals surface area contributed by atoms with Crippen LogP contribution in [0.5, 0.6) is 0 Å². The number of anilines is 1. The third-order valence-corrected chi connectivity index (χ3v) is 3.58. The second-order valence-corrected chi connectivity index (χ2v) is 5.38. The Morgan fingerprint density at radius 1 is 1.24 bits per heavy atom. The quantitative estimate of drug-likeness (QED) is 0.839.